The number of ether oxygens (including phenoxy) is 2. The number of methoxy groups -OCH3 is 1. The minimum Gasteiger partial charge on any atom is -0.463 e. The average molecular weight is 522 g/mol. The third kappa shape index (κ3) is 7.02. The summed E-state index contributed by atoms with van der Waals surface area (Å²) in [6.07, 6.45) is 7.22. The molecule has 2 aliphatic carbocycles. The van der Waals surface area contributed by atoms with Crippen molar-refractivity contribution in [3.05, 3.63) is 0 Å². The van der Waals surface area contributed by atoms with Crippen LogP contribution in [0, 0.1) is 11.8 Å². The molecule has 2 saturated carbocycles. The number of nitrogens with zero attached hydrogens (tertiary/aromatic N) is 1. The van der Waals surface area contributed by atoms with Crippen LogP contribution in [0.3, 0.4) is 0 Å². The molecular formula is C27H43N3O7. The minimum absolute atomic E-state index is 0.0296. The van der Waals surface area contributed by atoms with E-state index in [1.165, 1.54) is 0 Å². The van der Waals surface area contributed by atoms with Crippen LogP contribution < -0.4 is 10.6 Å². The highest BCUT2D eigenvalue weighted by Crippen LogP contribution is 2.43. The molecule has 1 heterocycles. The lowest BCUT2D eigenvalue weighted by atomic mass is 9.83. The first kappa shape index (κ1) is 28.9. The maximum atomic E-state index is 14.1. The van der Waals surface area contributed by atoms with Gasteiger partial charge >= 0.3 is 12.1 Å². The lowest BCUT2D eigenvalue weighted by molar-refractivity contribution is -0.153. The number of carbonyl (C=O) groups excluding carboxylic acids is 5. The molecule has 5 atom stereocenters. The summed E-state index contributed by atoms with van der Waals surface area (Å²) < 4.78 is 10.0. The number of nitrogens with one attached hydrogen (secondary N) is 2. The van der Waals surface area contributed by atoms with Gasteiger partial charge in [0, 0.05) is 6.04 Å². The number of ketones is 1. The maximum absolute atomic E-state index is 14.1. The largest absolute Gasteiger partial charge is 0.463 e. The third-order valence-corrected chi connectivity index (χ3v) is 7.76. The topological polar surface area (TPSA) is 131 Å². The van der Waals surface area contributed by atoms with Crippen molar-refractivity contribution >= 4 is 29.7 Å². The number of rotatable bonds is 9. The number of carbonyl (C=O) groups is 5. The lowest BCUT2D eigenvalue weighted by Gasteiger charge is -2.40. The molecule has 3 rings (SSSR count). The van der Waals surface area contributed by atoms with E-state index in [0.717, 1.165) is 52.1 Å². The zero-order chi connectivity index (χ0) is 27.3. The molecule has 37 heavy (non-hydrogen) atoms. The molecule has 3 aliphatic rings. The van der Waals surface area contributed by atoms with Crippen LogP contribution in [0.1, 0.15) is 91.9 Å². The molecule has 208 valence electrons. The first-order valence-electron chi connectivity index (χ1n) is 13.7. The highest BCUT2D eigenvalue weighted by atomic mass is 16.6. The van der Waals surface area contributed by atoms with E-state index < -0.39 is 47.5 Å². The lowest BCUT2D eigenvalue weighted by Crippen LogP contribution is -2.61. The van der Waals surface area contributed by atoms with Crippen molar-refractivity contribution in [1.29, 1.82) is 0 Å². The number of fused-ring (bicyclic) bond motifs is 2. The Morgan fingerprint density at radius 2 is 1.65 bits per heavy atom. The van der Waals surface area contributed by atoms with Crippen molar-refractivity contribution in [3.63, 3.8) is 0 Å². The molecule has 2 bridgehead atoms. The molecule has 1 aliphatic heterocycles. The molecule has 0 radical (unpaired) electrons. The second-order valence-corrected chi connectivity index (χ2v) is 11.6. The summed E-state index contributed by atoms with van der Waals surface area (Å²) in [4.78, 5) is 66.4. The molecule has 0 aromatic carbocycles. The van der Waals surface area contributed by atoms with Crippen LogP contribution in [0.15, 0.2) is 0 Å². The standard InChI is InChI=1S/C27H43N3O7/c1-6-10-19(22(31)25(34)36-5)28-23(32)21-17-13-14-18(15-17)30(21)24(33)20(16-11-8-7-9-12-16)29-26(35)37-27(2,3)4/h16-21H,6-15H2,1-5H3,(H,28,32)(H,29,35). The summed E-state index contributed by atoms with van der Waals surface area (Å²) >= 11 is 0. The number of amides is 3. The molecule has 0 spiro atoms. The molecule has 1 saturated heterocycles. The smallest absolute Gasteiger partial charge is 0.408 e. The van der Waals surface area contributed by atoms with Crippen molar-refractivity contribution in [2.45, 2.75) is 122 Å². The number of esters is 1. The van der Waals surface area contributed by atoms with Gasteiger partial charge in [0.1, 0.15) is 17.7 Å². The van der Waals surface area contributed by atoms with Crippen molar-refractivity contribution in [1.82, 2.24) is 15.5 Å². The number of likely N-dealkylation sites (tertiary alicyclic amines) is 1. The average Bonchev–Trinajstić information content (AvgIpc) is 3.47. The molecular weight excluding hydrogens is 478 g/mol. The monoisotopic (exact) mass is 521 g/mol. The predicted octanol–water partition coefficient (Wildman–Crippen LogP) is 2.87. The maximum Gasteiger partial charge on any atom is 0.408 e. The van der Waals surface area contributed by atoms with E-state index in [-0.39, 0.29) is 23.8 Å². The SMILES string of the molecule is CCCC(NC(=O)C1C2CCC(C2)N1C(=O)C(NC(=O)OC(C)(C)C)C1CCCCC1)C(=O)C(=O)OC. The van der Waals surface area contributed by atoms with Gasteiger partial charge < -0.3 is 25.0 Å². The van der Waals surface area contributed by atoms with Gasteiger partial charge in [-0.3, -0.25) is 14.4 Å². The Kier molecular flexibility index (Phi) is 9.58. The quantitative estimate of drug-likeness (QED) is 0.352. The summed E-state index contributed by atoms with van der Waals surface area (Å²) in [5, 5.41) is 5.58. The van der Waals surface area contributed by atoms with E-state index in [1.54, 1.807) is 25.7 Å². The Labute approximate surface area is 219 Å². The van der Waals surface area contributed by atoms with Crippen LogP contribution in [-0.2, 0) is 28.7 Å². The van der Waals surface area contributed by atoms with E-state index in [1.807, 2.05) is 6.92 Å². The van der Waals surface area contributed by atoms with Crippen molar-refractivity contribution < 1.29 is 33.4 Å². The first-order valence-corrected chi connectivity index (χ1v) is 13.7. The summed E-state index contributed by atoms with van der Waals surface area (Å²) in [5.74, 6) is -2.57. The number of hydrogen-bond donors (Lipinski definition) is 2. The third-order valence-electron chi connectivity index (χ3n) is 7.76. The summed E-state index contributed by atoms with van der Waals surface area (Å²) in [6, 6.07) is -2.63. The zero-order valence-electron chi connectivity index (χ0n) is 22.8. The molecule has 3 fully saturated rings. The highest BCUT2D eigenvalue weighted by molar-refractivity contribution is 6.36. The Morgan fingerprint density at radius 3 is 2.24 bits per heavy atom. The van der Waals surface area contributed by atoms with Crippen molar-refractivity contribution in [2.24, 2.45) is 11.8 Å². The van der Waals surface area contributed by atoms with Crippen LogP contribution in [0.25, 0.3) is 0 Å². The number of hydrogen-bond acceptors (Lipinski definition) is 7. The number of piperidine rings is 1. The Morgan fingerprint density at radius 1 is 0.973 bits per heavy atom. The highest BCUT2D eigenvalue weighted by Gasteiger charge is 2.53. The molecule has 10 heteroatoms. The van der Waals surface area contributed by atoms with Gasteiger partial charge in [-0.25, -0.2) is 9.59 Å². The fourth-order valence-electron chi connectivity index (χ4n) is 6.14. The first-order chi connectivity index (χ1) is 17.5. The summed E-state index contributed by atoms with van der Waals surface area (Å²) in [7, 11) is 1.13. The van der Waals surface area contributed by atoms with E-state index in [0.29, 0.717) is 19.3 Å². The number of alkyl carbamates (subject to hydrolysis) is 1. The predicted molar refractivity (Wildman–Crippen MR) is 135 cm³/mol. The van der Waals surface area contributed by atoms with Gasteiger partial charge in [0.15, 0.2) is 0 Å². The Hall–Kier alpha value is -2.65. The molecule has 2 N–H and O–H groups in total. The van der Waals surface area contributed by atoms with Gasteiger partial charge in [0.05, 0.1) is 13.2 Å². The van der Waals surface area contributed by atoms with E-state index in [2.05, 4.69) is 15.4 Å². The van der Waals surface area contributed by atoms with Gasteiger partial charge in [0.25, 0.3) is 5.78 Å². The minimum atomic E-state index is -1.00. The van der Waals surface area contributed by atoms with Gasteiger partial charge in [-0.2, -0.15) is 0 Å². The summed E-state index contributed by atoms with van der Waals surface area (Å²) in [6.45, 7) is 7.17. The fraction of sp³-hybridized carbons (Fsp3) is 0.815. The fourth-order valence-corrected chi connectivity index (χ4v) is 6.14. The second-order valence-electron chi connectivity index (χ2n) is 11.6. The molecule has 0 aromatic rings. The van der Waals surface area contributed by atoms with Gasteiger partial charge in [0.2, 0.25) is 11.8 Å². The van der Waals surface area contributed by atoms with Gasteiger partial charge in [-0.1, -0.05) is 32.6 Å². The van der Waals surface area contributed by atoms with E-state index in [9.17, 15) is 24.0 Å². The van der Waals surface area contributed by atoms with Gasteiger partial charge in [-0.15, -0.1) is 0 Å². The van der Waals surface area contributed by atoms with E-state index in [4.69, 9.17) is 4.74 Å². The van der Waals surface area contributed by atoms with Crippen LogP contribution in [0.4, 0.5) is 4.79 Å². The van der Waals surface area contributed by atoms with Crippen LogP contribution in [0.5, 0.6) is 0 Å². The van der Waals surface area contributed by atoms with Crippen LogP contribution in [-0.4, -0.2) is 71.4 Å². The summed E-state index contributed by atoms with van der Waals surface area (Å²) in [5.41, 5.74) is -0.708. The molecule has 10 nitrogen and oxygen atoms in total. The van der Waals surface area contributed by atoms with E-state index >= 15 is 0 Å². The van der Waals surface area contributed by atoms with Crippen LogP contribution in [0.2, 0.25) is 0 Å². The normalized spacial score (nSPS) is 25.2. The Balaban J connectivity index is 1.83. The molecule has 0 aromatic heterocycles. The van der Waals surface area contributed by atoms with Gasteiger partial charge in [-0.05, 0) is 71.1 Å². The van der Waals surface area contributed by atoms with Crippen molar-refractivity contribution in [2.75, 3.05) is 7.11 Å². The van der Waals surface area contributed by atoms with Crippen molar-refractivity contribution in [3.8, 4) is 0 Å². The molecule has 5 unspecified atom stereocenters. The zero-order valence-corrected chi connectivity index (χ0v) is 22.8. The van der Waals surface area contributed by atoms with Crippen LogP contribution >= 0.6 is 0 Å². The number of Topliss-reactive ketones (excluding diaryl/α,β-unsaturated/α-hetero) is 1. The Bertz CT molecular complexity index is 878. The molecule has 3 amide bonds. The second kappa shape index (κ2) is 12.3.